The van der Waals surface area contributed by atoms with Crippen molar-refractivity contribution >= 4 is 18.1 Å². The Hall–Kier alpha value is -0.700. The molecule has 1 rings (SSSR count). The molecule has 0 atom stereocenters. The average molecular weight is 140 g/mol. The predicted octanol–water partition coefficient (Wildman–Crippen LogP) is 1.39. The van der Waals surface area contributed by atoms with Crippen LogP contribution in [-0.2, 0) is 6.42 Å². The van der Waals surface area contributed by atoms with Crippen molar-refractivity contribution in [2.45, 2.75) is 6.42 Å². The van der Waals surface area contributed by atoms with Gasteiger partial charge in [0, 0.05) is 24.5 Å². The van der Waals surface area contributed by atoms with Gasteiger partial charge in [-0.2, -0.15) is 0 Å². The highest BCUT2D eigenvalue weighted by molar-refractivity contribution is 7.09. The maximum atomic E-state index is 4.08. The van der Waals surface area contributed by atoms with Crippen molar-refractivity contribution in [1.29, 1.82) is 0 Å². The van der Waals surface area contributed by atoms with Crippen LogP contribution in [0.1, 0.15) is 5.01 Å². The van der Waals surface area contributed by atoms with Crippen LogP contribution in [0.2, 0.25) is 0 Å². The van der Waals surface area contributed by atoms with Gasteiger partial charge in [-0.25, -0.2) is 4.98 Å². The highest BCUT2D eigenvalue weighted by Crippen LogP contribution is 2.03. The summed E-state index contributed by atoms with van der Waals surface area (Å²) in [5, 5.41) is 3.11. The van der Waals surface area contributed by atoms with Gasteiger partial charge in [-0.1, -0.05) is 0 Å². The van der Waals surface area contributed by atoms with Crippen molar-refractivity contribution in [3.63, 3.8) is 0 Å². The summed E-state index contributed by atoms with van der Waals surface area (Å²) in [6, 6.07) is 0. The molecule has 0 N–H and O–H groups in total. The molecule has 0 fully saturated rings. The molecular weight excluding hydrogens is 132 g/mol. The molecule has 0 radical (unpaired) electrons. The summed E-state index contributed by atoms with van der Waals surface area (Å²) in [6.07, 6.45) is 2.74. The summed E-state index contributed by atoms with van der Waals surface area (Å²) in [6.45, 7) is 4.17. The first-order valence-electron chi connectivity index (χ1n) is 2.74. The fourth-order valence-electron chi connectivity index (χ4n) is 0.551. The molecule has 0 spiro atoms. The molecule has 2 nitrogen and oxygen atoms in total. The van der Waals surface area contributed by atoms with Crippen LogP contribution in [-0.4, -0.2) is 18.2 Å². The van der Waals surface area contributed by atoms with E-state index in [0.29, 0.717) is 0 Å². The Morgan fingerprint density at radius 2 is 2.67 bits per heavy atom. The first-order valence-corrected chi connectivity index (χ1v) is 3.62. The molecule has 0 amide bonds. The average Bonchev–Trinajstić information content (AvgIpc) is 2.34. The smallest absolute Gasteiger partial charge is 0.0943 e. The minimum absolute atomic E-state index is 0.785. The maximum absolute atomic E-state index is 4.08. The lowest BCUT2D eigenvalue weighted by molar-refractivity contribution is 0.960. The van der Waals surface area contributed by atoms with Gasteiger partial charge < -0.3 is 4.99 Å². The van der Waals surface area contributed by atoms with Crippen LogP contribution in [0.3, 0.4) is 0 Å². The van der Waals surface area contributed by atoms with Crippen LogP contribution in [0.5, 0.6) is 0 Å². The van der Waals surface area contributed by atoms with Crippen molar-refractivity contribution < 1.29 is 0 Å². The van der Waals surface area contributed by atoms with Crippen LogP contribution in [0.15, 0.2) is 16.6 Å². The van der Waals surface area contributed by atoms with Crippen molar-refractivity contribution in [3.8, 4) is 0 Å². The summed E-state index contributed by atoms with van der Waals surface area (Å²) in [5.41, 5.74) is 0. The molecule has 3 heteroatoms. The molecule has 0 unspecified atom stereocenters. The third-order valence-electron chi connectivity index (χ3n) is 0.967. The lowest BCUT2D eigenvalue weighted by atomic mass is 10.5. The molecule has 0 aromatic carbocycles. The normalized spacial score (nSPS) is 9.33. The van der Waals surface area contributed by atoms with E-state index >= 15 is 0 Å². The van der Waals surface area contributed by atoms with Crippen molar-refractivity contribution in [2.24, 2.45) is 4.99 Å². The SMILES string of the molecule is C=NCCc1nccs1. The van der Waals surface area contributed by atoms with Crippen molar-refractivity contribution in [1.82, 2.24) is 4.98 Å². The molecule has 1 aromatic rings. The lowest BCUT2D eigenvalue weighted by Crippen LogP contribution is -1.85. The Morgan fingerprint density at radius 3 is 3.22 bits per heavy atom. The Bertz CT molecular complexity index is 169. The summed E-state index contributed by atoms with van der Waals surface area (Å²) in [5.74, 6) is 0. The molecule has 0 saturated carbocycles. The number of hydrogen-bond donors (Lipinski definition) is 0. The van der Waals surface area contributed by atoms with Gasteiger partial charge >= 0.3 is 0 Å². The third kappa shape index (κ3) is 1.93. The largest absolute Gasteiger partial charge is 0.301 e. The predicted molar refractivity (Wildman–Crippen MR) is 40.2 cm³/mol. The number of rotatable bonds is 3. The van der Waals surface area contributed by atoms with Gasteiger partial charge in [0.2, 0.25) is 0 Å². The first-order chi connectivity index (χ1) is 4.43. The first kappa shape index (κ1) is 6.42. The van der Waals surface area contributed by atoms with Crippen LogP contribution in [0.25, 0.3) is 0 Å². The molecule has 0 saturated heterocycles. The topological polar surface area (TPSA) is 25.2 Å². The third-order valence-corrected chi connectivity index (χ3v) is 1.81. The molecule has 9 heavy (non-hydrogen) atoms. The van der Waals surface area contributed by atoms with Gasteiger partial charge in [0.25, 0.3) is 0 Å². The van der Waals surface area contributed by atoms with E-state index in [1.165, 1.54) is 0 Å². The monoisotopic (exact) mass is 140 g/mol. The molecule has 0 bridgehead atoms. The zero-order valence-electron chi connectivity index (χ0n) is 5.08. The van der Waals surface area contributed by atoms with Crippen LogP contribution in [0, 0.1) is 0 Å². The zero-order chi connectivity index (χ0) is 6.53. The van der Waals surface area contributed by atoms with Gasteiger partial charge in [-0.15, -0.1) is 11.3 Å². The van der Waals surface area contributed by atoms with Crippen LogP contribution >= 0.6 is 11.3 Å². The summed E-state index contributed by atoms with van der Waals surface area (Å²) in [7, 11) is 0. The molecule has 0 aliphatic carbocycles. The molecule has 48 valence electrons. The van der Waals surface area contributed by atoms with Crippen LogP contribution < -0.4 is 0 Å². The van der Waals surface area contributed by atoms with Gasteiger partial charge in [0.05, 0.1) is 5.01 Å². The second-order valence-electron chi connectivity index (χ2n) is 1.62. The van der Waals surface area contributed by atoms with E-state index < -0.39 is 0 Å². The van der Waals surface area contributed by atoms with Crippen molar-refractivity contribution in [2.75, 3.05) is 6.54 Å². The van der Waals surface area contributed by atoms with E-state index in [-0.39, 0.29) is 0 Å². The Balaban J connectivity index is 2.38. The highest BCUT2D eigenvalue weighted by Gasteiger charge is 1.90. The van der Waals surface area contributed by atoms with E-state index in [4.69, 9.17) is 0 Å². The molecule has 0 aliphatic heterocycles. The number of hydrogen-bond acceptors (Lipinski definition) is 3. The fourth-order valence-corrected chi connectivity index (χ4v) is 1.16. The second-order valence-corrected chi connectivity index (χ2v) is 2.60. The highest BCUT2D eigenvalue weighted by atomic mass is 32.1. The van der Waals surface area contributed by atoms with E-state index in [1.54, 1.807) is 11.3 Å². The summed E-state index contributed by atoms with van der Waals surface area (Å²) >= 11 is 1.66. The maximum Gasteiger partial charge on any atom is 0.0943 e. The number of aromatic nitrogens is 1. The van der Waals surface area contributed by atoms with E-state index in [0.717, 1.165) is 18.0 Å². The summed E-state index contributed by atoms with van der Waals surface area (Å²) in [4.78, 5) is 7.81. The second kappa shape index (κ2) is 3.35. The van der Waals surface area contributed by atoms with Gasteiger partial charge in [-0.3, -0.25) is 0 Å². The number of nitrogens with zero attached hydrogens (tertiary/aromatic N) is 2. The van der Waals surface area contributed by atoms with E-state index in [2.05, 4.69) is 16.7 Å². The summed E-state index contributed by atoms with van der Waals surface area (Å²) < 4.78 is 0. The van der Waals surface area contributed by atoms with E-state index in [1.807, 2.05) is 11.6 Å². The number of thiazole rings is 1. The van der Waals surface area contributed by atoms with Gasteiger partial charge in [0.15, 0.2) is 0 Å². The molecular formula is C6H8N2S. The zero-order valence-corrected chi connectivity index (χ0v) is 5.90. The number of aliphatic imine (C=N–C) groups is 1. The van der Waals surface area contributed by atoms with Crippen LogP contribution in [0.4, 0.5) is 0 Å². The Kier molecular flexibility index (Phi) is 2.39. The minimum atomic E-state index is 0.785. The Morgan fingerprint density at radius 1 is 1.78 bits per heavy atom. The molecule has 1 aromatic heterocycles. The van der Waals surface area contributed by atoms with Gasteiger partial charge in [-0.05, 0) is 6.72 Å². The molecule has 1 heterocycles. The van der Waals surface area contributed by atoms with E-state index in [9.17, 15) is 0 Å². The lowest BCUT2D eigenvalue weighted by Gasteiger charge is -1.86. The standard InChI is InChI=1S/C6H8N2S/c1-7-3-2-6-8-4-5-9-6/h4-5H,1-3H2. The van der Waals surface area contributed by atoms with Crippen molar-refractivity contribution in [3.05, 3.63) is 16.6 Å². The minimum Gasteiger partial charge on any atom is -0.301 e. The Labute approximate surface area is 58.3 Å². The quantitative estimate of drug-likeness (QED) is 0.582. The molecule has 0 aliphatic rings. The van der Waals surface area contributed by atoms with Gasteiger partial charge in [0.1, 0.15) is 0 Å². The fraction of sp³-hybridized carbons (Fsp3) is 0.333.